The van der Waals surface area contributed by atoms with Crippen molar-refractivity contribution in [2.45, 2.75) is 32.7 Å². The summed E-state index contributed by atoms with van der Waals surface area (Å²) >= 11 is 0. The van der Waals surface area contributed by atoms with Gasteiger partial charge < -0.3 is 23.5 Å². The van der Waals surface area contributed by atoms with Gasteiger partial charge in [0.2, 0.25) is 5.89 Å². The largest absolute Gasteiger partial charge is 0.494 e. The van der Waals surface area contributed by atoms with Crippen molar-refractivity contribution in [1.82, 2.24) is 9.88 Å². The van der Waals surface area contributed by atoms with Crippen molar-refractivity contribution in [1.29, 1.82) is 0 Å². The molecule has 0 unspecified atom stereocenters. The first-order valence-corrected chi connectivity index (χ1v) is 9.62. The fourth-order valence-electron chi connectivity index (χ4n) is 2.61. The molecular formula is C21H28N2O6. The molecule has 1 aromatic carbocycles. The number of hydrogen-bond donors (Lipinski definition) is 0. The van der Waals surface area contributed by atoms with Crippen molar-refractivity contribution in [2.24, 2.45) is 0 Å². The van der Waals surface area contributed by atoms with E-state index in [2.05, 4.69) is 16.6 Å². The lowest BCUT2D eigenvalue weighted by molar-refractivity contribution is 0.0594. The summed E-state index contributed by atoms with van der Waals surface area (Å²) in [4.78, 5) is 30.3. The van der Waals surface area contributed by atoms with Gasteiger partial charge in [-0.1, -0.05) is 13.3 Å². The lowest BCUT2D eigenvalue weighted by Gasteiger charge is -2.21. The highest BCUT2D eigenvalue weighted by Crippen LogP contribution is 2.16. The quantitative estimate of drug-likeness (QED) is 0.396. The zero-order valence-electron chi connectivity index (χ0n) is 17.2. The zero-order chi connectivity index (χ0) is 21.1. The number of ether oxygens (including phenoxy) is 3. The highest BCUT2D eigenvalue weighted by atomic mass is 16.5. The number of nitrogens with zero attached hydrogens (tertiary/aromatic N) is 2. The zero-order valence-corrected chi connectivity index (χ0v) is 17.2. The smallest absolute Gasteiger partial charge is 0.360 e. The van der Waals surface area contributed by atoms with E-state index in [0.29, 0.717) is 31.7 Å². The minimum atomic E-state index is -0.587. The molecule has 0 radical (unpaired) electrons. The van der Waals surface area contributed by atoms with Gasteiger partial charge in [-0.25, -0.2) is 9.78 Å². The van der Waals surface area contributed by atoms with Crippen molar-refractivity contribution in [3.05, 3.63) is 47.7 Å². The molecular weight excluding hydrogens is 376 g/mol. The van der Waals surface area contributed by atoms with Crippen molar-refractivity contribution < 1.29 is 28.2 Å². The Kier molecular flexibility index (Phi) is 9.17. The van der Waals surface area contributed by atoms with E-state index in [0.717, 1.165) is 18.6 Å². The Morgan fingerprint density at radius 3 is 2.52 bits per heavy atom. The second kappa shape index (κ2) is 11.9. The van der Waals surface area contributed by atoms with Crippen LogP contribution in [-0.2, 0) is 16.0 Å². The Morgan fingerprint density at radius 2 is 1.86 bits per heavy atom. The van der Waals surface area contributed by atoms with Gasteiger partial charge in [0.1, 0.15) is 12.0 Å². The molecule has 0 fully saturated rings. The number of carbonyl (C=O) groups is 2. The molecule has 1 aromatic heterocycles. The minimum absolute atomic E-state index is 0.0698. The van der Waals surface area contributed by atoms with Gasteiger partial charge in [0, 0.05) is 25.8 Å². The number of benzene rings is 1. The van der Waals surface area contributed by atoms with Crippen molar-refractivity contribution in [3.8, 4) is 5.75 Å². The maximum Gasteiger partial charge on any atom is 0.360 e. The van der Waals surface area contributed by atoms with Crippen LogP contribution < -0.4 is 4.74 Å². The Hall–Kier alpha value is -2.87. The van der Waals surface area contributed by atoms with Crippen LogP contribution in [0.1, 0.15) is 52.9 Å². The summed E-state index contributed by atoms with van der Waals surface area (Å²) in [5, 5.41) is 0. The summed E-state index contributed by atoms with van der Waals surface area (Å²) in [5.41, 5.74) is 0.602. The molecule has 0 aliphatic rings. The number of esters is 1. The first kappa shape index (κ1) is 22.4. The maximum absolute atomic E-state index is 13.0. The van der Waals surface area contributed by atoms with E-state index in [9.17, 15) is 9.59 Å². The van der Waals surface area contributed by atoms with Gasteiger partial charge in [-0.05, 0) is 37.1 Å². The van der Waals surface area contributed by atoms with Crippen LogP contribution in [0.4, 0.5) is 0 Å². The van der Waals surface area contributed by atoms with Crippen LogP contribution in [0.15, 0.2) is 34.9 Å². The number of carbonyl (C=O) groups excluding carboxylic acids is 2. The topological polar surface area (TPSA) is 91.1 Å². The summed E-state index contributed by atoms with van der Waals surface area (Å²) in [7, 11) is 2.88. The van der Waals surface area contributed by atoms with Gasteiger partial charge in [-0.3, -0.25) is 4.79 Å². The molecule has 2 rings (SSSR count). The van der Waals surface area contributed by atoms with Crippen LogP contribution in [0, 0.1) is 0 Å². The molecule has 1 heterocycles. The molecule has 0 spiro atoms. The van der Waals surface area contributed by atoms with Crippen LogP contribution in [0.2, 0.25) is 0 Å². The molecule has 2 aromatic rings. The molecule has 0 saturated carbocycles. The van der Waals surface area contributed by atoms with Gasteiger partial charge in [-0.2, -0.15) is 0 Å². The number of rotatable bonds is 12. The molecule has 158 valence electrons. The summed E-state index contributed by atoms with van der Waals surface area (Å²) in [6.07, 6.45) is 3.93. The van der Waals surface area contributed by atoms with Crippen molar-refractivity contribution in [3.63, 3.8) is 0 Å². The number of hydrogen-bond acceptors (Lipinski definition) is 7. The Morgan fingerprint density at radius 1 is 1.10 bits per heavy atom. The third-order valence-electron chi connectivity index (χ3n) is 4.20. The Bertz CT molecular complexity index is 772. The number of oxazole rings is 1. The monoisotopic (exact) mass is 404 g/mol. The number of aromatic nitrogens is 1. The lowest BCUT2D eigenvalue weighted by atomic mass is 10.2. The number of methoxy groups -OCH3 is 2. The first-order chi connectivity index (χ1) is 14.1. The average molecular weight is 404 g/mol. The standard InChI is InChI=1S/C21H28N2O6/c1-4-5-13-28-17-9-7-16(8-10-17)20(24)23(11-6-12-26-2)14-19-22-18(15-29-19)21(25)27-3/h7-10,15H,4-6,11-14H2,1-3H3. The molecule has 0 bridgehead atoms. The van der Waals surface area contributed by atoms with Gasteiger partial charge in [0.05, 0.1) is 20.3 Å². The summed E-state index contributed by atoms with van der Waals surface area (Å²) in [6.45, 7) is 3.86. The summed E-state index contributed by atoms with van der Waals surface area (Å²) in [6, 6.07) is 7.05. The Labute approximate surface area is 170 Å². The third kappa shape index (κ3) is 6.90. The van der Waals surface area contributed by atoms with Gasteiger partial charge in [-0.15, -0.1) is 0 Å². The molecule has 0 aliphatic heterocycles. The number of unbranched alkanes of at least 4 members (excludes halogenated alkanes) is 1. The molecule has 1 amide bonds. The minimum Gasteiger partial charge on any atom is -0.494 e. The second-order valence-electron chi connectivity index (χ2n) is 6.42. The highest BCUT2D eigenvalue weighted by molar-refractivity contribution is 5.94. The molecule has 0 saturated heterocycles. The van der Waals surface area contributed by atoms with Crippen LogP contribution in [-0.4, -0.2) is 55.7 Å². The third-order valence-corrected chi connectivity index (χ3v) is 4.20. The normalized spacial score (nSPS) is 10.6. The van der Waals surface area contributed by atoms with E-state index >= 15 is 0 Å². The highest BCUT2D eigenvalue weighted by Gasteiger charge is 2.20. The predicted octanol–water partition coefficient (Wildman–Crippen LogP) is 3.32. The van der Waals surface area contributed by atoms with E-state index in [1.807, 2.05) is 0 Å². The first-order valence-electron chi connectivity index (χ1n) is 9.62. The van der Waals surface area contributed by atoms with Gasteiger partial charge >= 0.3 is 5.97 Å². The fourth-order valence-corrected chi connectivity index (χ4v) is 2.61. The van der Waals surface area contributed by atoms with Gasteiger partial charge in [0.25, 0.3) is 5.91 Å². The lowest BCUT2D eigenvalue weighted by Crippen LogP contribution is -2.32. The molecule has 29 heavy (non-hydrogen) atoms. The van der Waals surface area contributed by atoms with Crippen LogP contribution in [0.5, 0.6) is 5.75 Å². The molecule has 8 heteroatoms. The molecule has 0 atom stereocenters. The van der Waals surface area contributed by atoms with Crippen molar-refractivity contribution in [2.75, 3.05) is 34.0 Å². The predicted molar refractivity (Wildman–Crippen MR) is 106 cm³/mol. The molecule has 0 aliphatic carbocycles. The van der Waals surface area contributed by atoms with Crippen LogP contribution in [0.3, 0.4) is 0 Å². The molecule has 0 N–H and O–H groups in total. The van der Waals surface area contributed by atoms with E-state index in [-0.39, 0.29) is 24.0 Å². The van der Waals surface area contributed by atoms with Crippen LogP contribution >= 0.6 is 0 Å². The maximum atomic E-state index is 13.0. The average Bonchev–Trinajstić information content (AvgIpc) is 3.21. The van der Waals surface area contributed by atoms with Gasteiger partial charge in [0.15, 0.2) is 5.69 Å². The van der Waals surface area contributed by atoms with Crippen LogP contribution in [0.25, 0.3) is 0 Å². The van der Waals surface area contributed by atoms with E-state index in [4.69, 9.17) is 13.9 Å². The second-order valence-corrected chi connectivity index (χ2v) is 6.42. The van der Waals surface area contributed by atoms with E-state index in [1.165, 1.54) is 13.4 Å². The van der Waals surface area contributed by atoms with E-state index < -0.39 is 5.97 Å². The SMILES string of the molecule is CCCCOc1ccc(C(=O)N(CCCOC)Cc2nc(C(=O)OC)co2)cc1. The molecule has 8 nitrogen and oxygen atoms in total. The summed E-state index contributed by atoms with van der Waals surface area (Å²) < 4.78 is 20.7. The number of amides is 1. The van der Waals surface area contributed by atoms with Crippen molar-refractivity contribution >= 4 is 11.9 Å². The fraction of sp³-hybridized carbons (Fsp3) is 0.476. The van der Waals surface area contributed by atoms with E-state index in [1.54, 1.807) is 36.3 Å². The summed E-state index contributed by atoms with van der Waals surface area (Å²) in [5.74, 6) is 0.238. The Balaban J connectivity index is 2.08.